The Bertz CT molecular complexity index is 1020. The minimum Gasteiger partial charge on any atom is -0.444 e. The molecule has 2 heterocycles. The van der Waals surface area contributed by atoms with Gasteiger partial charge in [0.1, 0.15) is 5.60 Å². The maximum absolute atomic E-state index is 13.2. The molecule has 1 aliphatic heterocycles. The summed E-state index contributed by atoms with van der Waals surface area (Å²) in [5.74, 6) is -0.275. The summed E-state index contributed by atoms with van der Waals surface area (Å²) < 4.78 is 13.1. The molecule has 1 fully saturated rings. The number of aromatic nitrogens is 2. The fourth-order valence-electron chi connectivity index (χ4n) is 4.07. The number of rotatable bonds is 7. The molecule has 0 aliphatic carbocycles. The number of carbonyl (C=O) groups excluding carboxylic acids is 2. The molecule has 2 N–H and O–H groups in total. The molecule has 0 spiro atoms. The van der Waals surface area contributed by atoms with Crippen molar-refractivity contribution in [2.45, 2.75) is 84.2 Å². The standard InChI is InChI=1S/C25H38N4O5/c1-16(2)29-20-11-9-8-10-19(20)21(27-29)22(30)26-17-12-18(14-33-15-25(6,7)32)28(13-17)23(31)34-24(3,4)5/h8-11,16-18,32H,12-15H2,1-7H3,(H,26,30)/t17-,18-/m0/s1. The Hall–Kier alpha value is -2.65. The zero-order chi connectivity index (χ0) is 25.3. The quantitative estimate of drug-likeness (QED) is 0.636. The average molecular weight is 475 g/mol. The molecule has 0 unspecified atom stereocenters. The van der Waals surface area contributed by atoms with Crippen LogP contribution >= 0.6 is 0 Å². The number of para-hydroxylation sites is 1. The van der Waals surface area contributed by atoms with Gasteiger partial charge >= 0.3 is 6.09 Å². The molecule has 188 valence electrons. The van der Waals surface area contributed by atoms with Crippen LogP contribution in [0.5, 0.6) is 0 Å². The Labute approximate surface area is 201 Å². The molecular weight excluding hydrogens is 436 g/mol. The normalized spacial score (nSPS) is 19.1. The van der Waals surface area contributed by atoms with E-state index in [-0.39, 0.29) is 37.2 Å². The summed E-state index contributed by atoms with van der Waals surface area (Å²) in [6.45, 7) is 13.5. The van der Waals surface area contributed by atoms with Crippen LogP contribution in [-0.4, -0.2) is 74.8 Å². The Morgan fingerprint density at radius 3 is 2.50 bits per heavy atom. The largest absolute Gasteiger partial charge is 0.444 e. The van der Waals surface area contributed by atoms with Crippen LogP contribution in [0.1, 0.15) is 71.4 Å². The second-order valence-corrected chi connectivity index (χ2v) is 10.9. The van der Waals surface area contributed by atoms with Crippen LogP contribution in [0, 0.1) is 0 Å². The van der Waals surface area contributed by atoms with Crippen molar-refractivity contribution in [3.63, 3.8) is 0 Å². The number of likely N-dealkylation sites (tertiary alicyclic amines) is 1. The van der Waals surface area contributed by atoms with Crippen LogP contribution in [0.25, 0.3) is 10.9 Å². The van der Waals surface area contributed by atoms with Gasteiger partial charge in [0.15, 0.2) is 5.69 Å². The highest BCUT2D eigenvalue weighted by Gasteiger charge is 2.39. The number of benzene rings is 1. The first kappa shape index (κ1) is 26.0. The Kier molecular flexibility index (Phi) is 7.57. The van der Waals surface area contributed by atoms with E-state index in [0.29, 0.717) is 18.7 Å². The first-order valence-electron chi connectivity index (χ1n) is 11.8. The number of ether oxygens (including phenoxy) is 2. The van der Waals surface area contributed by atoms with E-state index in [2.05, 4.69) is 10.4 Å². The molecule has 0 saturated carbocycles. The summed E-state index contributed by atoms with van der Waals surface area (Å²) >= 11 is 0. The fourth-order valence-corrected chi connectivity index (χ4v) is 4.07. The number of nitrogens with zero attached hydrogens (tertiary/aromatic N) is 3. The van der Waals surface area contributed by atoms with Gasteiger partial charge in [-0.25, -0.2) is 4.79 Å². The number of fused-ring (bicyclic) bond motifs is 1. The SMILES string of the molecule is CC(C)n1nc(C(=O)N[C@H]2C[C@@H](COCC(C)(C)O)N(C(=O)OC(C)(C)C)C2)c2ccccc21. The fraction of sp³-hybridized carbons (Fsp3) is 0.640. The van der Waals surface area contributed by atoms with E-state index in [0.717, 1.165) is 10.9 Å². The van der Waals surface area contributed by atoms with Gasteiger partial charge in [-0.05, 0) is 61.0 Å². The lowest BCUT2D eigenvalue weighted by molar-refractivity contribution is -0.0366. The summed E-state index contributed by atoms with van der Waals surface area (Å²) in [6.07, 6.45) is 0.0651. The molecule has 1 aromatic carbocycles. The van der Waals surface area contributed by atoms with E-state index in [1.54, 1.807) is 18.7 Å². The molecule has 2 amide bonds. The van der Waals surface area contributed by atoms with E-state index in [1.807, 2.05) is 63.6 Å². The molecule has 34 heavy (non-hydrogen) atoms. The van der Waals surface area contributed by atoms with Gasteiger partial charge in [0.25, 0.3) is 5.91 Å². The molecule has 1 aromatic heterocycles. The van der Waals surface area contributed by atoms with Crippen molar-refractivity contribution in [3.05, 3.63) is 30.0 Å². The molecule has 1 aliphatic rings. The number of hydrogen-bond donors (Lipinski definition) is 2. The summed E-state index contributed by atoms with van der Waals surface area (Å²) in [5.41, 5.74) is -0.337. The number of hydrogen-bond acceptors (Lipinski definition) is 6. The van der Waals surface area contributed by atoms with Crippen LogP contribution in [0.4, 0.5) is 4.79 Å². The van der Waals surface area contributed by atoms with Gasteiger partial charge in [-0.15, -0.1) is 0 Å². The highest BCUT2D eigenvalue weighted by atomic mass is 16.6. The highest BCUT2D eigenvalue weighted by Crippen LogP contribution is 2.25. The van der Waals surface area contributed by atoms with Crippen LogP contribution in [0.15, 0.2) is 24.3 Å². The topological polar surface area (TPSA) is 106 Å². The zero-order valence-corrected chi connectivity index (χ0v) is 21.3. The molecule has 0 radical (unpaired) electrons. The molecule has 9 nitrogen and oxygen atoms in total. The molecule has 3 rings (SSSR count). The van der Waals surface area contributed by atoms with Gasteiger partial charge in [-0.2, -0.15) is 5.10 Å². The number of aliphatic hydroxyl groups is 1. The van der Waals surface area contributed by atoms with Gasteiger partial charge in [-0.3, -0.25) is 9.48 Å². The van der Waals surface area contributed by atoms with Crippen molar-refractivity contribution in [1.82, 2.24) is 20.0 Å². The smallest absolute Gasteiger partial charge is 0.410 e. The maximum Gasteiger partial charge on any atom is 0.410 e. The van der Waals surface area contributed by atoms with Crippen LogP contribution in [0.2, 0.25) is 0 Å². The summed E-state index contributed by atoms with van der Waals surface area (Å²) in [4.78, 5) is 27.7. The third-order valence-corrected chi connectivity index (χ3v) is 5.46. The summed E-state index contributed by atoms with van der Waals surface area (Å²) in [5, 5.41) is 18.4. The number of amides is 2. The third kappa shape index (κ3) is 6.48. The summed E-state index contributed by atoms with van der Waals surface area (Å²) in [7, 11) is 0. The van der Waals surface area contributed by atoms with E-state index in [9.17, 15) is 14.7 Å². The van der Waals surface area contributed by atoms with Crippen LogP contribution < -0.4 is 5.32 Å². The summed E-state index contributed by atoms with van der Waals surface area (Å²) in [6, 6.07) is 7.21. The van der Waals surface area contributed by atoms with Gasteiger partial charge in [0, 0.05) is 24.0 Å². The van der Waals surface area contributed by atoms with Gasteiger partial charge in [0.2, 0.25) is 0 Å². The second kappa shape index (κ2) is 9.92. The van der Waals surface area contributed by atoms with Crippen molar-refractivity contribution in [2.75, 3.05) is 19.8 Å². The predicted octanol–water partition coefficient (Wildman–Crippen LogP) is 3.51. The first-order valence-corrected chi connectivity index (χ1v) is 11.8. The van der Waals surface area contributed by atoms with Crippen molar-refractivity contribution in [1.29, 1.82) is 0 Å². The monoisotopic (exact) mass is 474 g/mol. The van der Waals surface area contributed by atoms with Gasteiger partial charge in [0.05, 0.1) is 30.4 Å². The van der Waals surface area contributed by atoms with Crippen molar-refractivity contribution >= 4 is 22.9 Å². The van der Waals surface area contributed by atoms with Crippen molar-refractivity contribution in [2.24, 2.45) is 0 Å². The Morgan fingerprint density at radius 2 is 1.88 bits per heavy atom. The molecule has 0 bridgehead atoms. The van der Waals surface area contributed by atoms with Crippen LogP contribution in [0.3, 0.4) is 0 Å². The first-order chi connectivity index (χ1) is 15.7. The lowest BCUT2D eigenvalue weighted by atomic mass is 10.1. The van der Waals surface area contributed by atoms with Gasteiger partial charge in [-0.1, -0.05) is 18.2 Å². The van der Waals surface area contributed by atoms with E-state index < -0.39 is 17.3 Å². The van der Waals surface area contributed by atoms with E-state index in [1.165, 1.54) is 0 Å². The highest BCUT2D eigenvalue weighted by molar-refractivity contribution is 6.05. The molecule has 9 heteroatoms. The molecular formula is C25H38N4O5. The second-order valence-electron chi connectivity index (χ2n) is 10.9. The van der Waals surface area contributed by atoms with E-state index in [4.69, 9.17) is 9.47 Å². The minimum atomic E-state index is -0.973. The Balaban J connectivity index is 1.76. The molecule has 1 saturated heterocycles. The third-order valence-electron chi connectivity index (χ3n) is 5.46. The lowest BCUT2D eigenvalue weighted by Crippen LogP contribution is -2.43. The van der Waals surface area contributed by atoms with Gasteiger partial charge < -0.3 is 24.8 Å². The molecule has 2 aromatic rings. The van der Waals surface area contributed by atoms with Crippen LogP contribution in [-0.2, 0) is 9.47 Å². The number of carbonyl (C=O) groups is 2. The maximum atomic E-state index is 13.2. The van der Waals surface area contributed by atoms with Crippen molar-refractivity contribution < 1.29 is 24.2 Å². The molecule has 2 atom stereocenters. The Morgan fingerprint density at radius 1 is 1.21 bits per heavy atom. The lowest BCUT2D eigenvalue weighted by Gasteiger charge is -2.29. The van der Waals surface area contributed by atoms with Crippen molar-refractivity contribution in [3.8, 4) is 0 Å². The predicted molar refractivity (Wildman–Crippen MR) is 130 cm³/mol. The average Bonchev–Trinajstić information content (AvgIpc) is 3.27. The van der Waals surface area contributed by atoms with E-state index >= 15 is 0 Å². The number of nitrogens with one attached hydrogen (secondary N) is 1. The zero-order valence-electron chi connectivity index (χ0n) is 21.3. The minimum absolute atomic E-state index is 0.109.